The van der Waals surface area contributed by atoms with Crippen LogP contribution < -0.4 is 19.5 Å². The standard InChI is InChI=1S/C33H35N3O7S/c1-4-17-42-29-11-7-8-12-31(29)44(39,40)36-32(37)22-13-15-25(30(18-22)41-3)21(2)27-20-34-28-16-14-23(19-26(27)28)35-33(38)43-24-9-5-6-10-24/h4,7-8,11-16,18-21,24,34H,1,5-6,9-10,17H2,2-3H3,(H,35,38)(H,36,37). The van der Waals surface area contributed by atoms with Gasteiger partial charge >= 0.3 is 6.09 Å². The molecule has 1 unspecified atom stereocenters. The lowest BCUT2D eigenvalue weighted by atomic mass is 9.91. The number of sulfonamides is 1. The van der Waals surface area contributed by atoms with Gasteiger partial charge in [0, 0.05) is 39.8 Å². The second-order valence-electron chi connectivity index (χ2n) is 10.6. The predicted octanol–water partition coefficient (Wildman–Crippen LogP) is 6.50. The number of carbonyl (C=O) groups is 2. The highest BCUT2D eigenvalue weighted by Crippen LogP contribution is 2.37. The van der Waals surface area contributed by atoms with Gasteiger partial charge in [-0.2, -0.15) is 0 Å². The zero-order valence-corrected chi connectivity index (χ0v) is 25.4. The van der Waals surface area contributed by atoms with E-state index in [1.54, 1.807) is 24.3 Å². The minimum absolute atomic E-state index is 0.0358. The Labute approximate surface area is 256 Å². The van der Waals surface area contributed by atoms with Crippen LogP contribution >= 0.6 is 0 Å². The Morgan fingerprint density at radius 2 is 1.82 bits per heavy atom. The summed E-state index contributed by atoms with van der Waals surface area (Å²) in [5, 5.41) is 3.74. The molecule has 1 aliphatic carbocycles. The largest absolute Gasteiger partial charge is 0.496 e. The minimum atomic E-state index is -4.24. The second kappa shape index (κ2) is 13.3. The average Bonchev–Trinajstić information content (AvgIpc) is 3.69. The van der Waals surface area contributed by atoms with Crippen molar-refractivity contribution >= 4 is 38.6 Å². The van der Waals surface area contributed by atoms with E-state index in [1.165, 1.54) is 31.4 Å². The summed E-state index contributed by atoms with van der Waals surface area (Å²) in [6, 6.07) is 16.5. The number of rotatable bonds is 11. The zero-order chi connectivity index (χ0) is 31.3. The molecule has 2 amide bonds. The molecule has 11 heteroatoms. The Morgan fingerprint density at radius 1 is 1.05 bits per heavy atom. The van der Waals surface area contributed by atoms with Crippen LogP contribution in [0.5, 0.6) is 11.5 Å². The fraction of sp³-hybridized carbons (Fsp3) is 0.273. The molecule has 4 aromatic rings. The van der Waals surface area contributed by atoms with E-state index in [-0.39, 0.29) is 34.8 Å². The van der Waals surface area contributed by atoms with E-state index in [9.17, 15) is 18.0 Å². The van der Waals surface area contributed by atoms with Crippen LogP contribution in [0.3, 0.4) is 0 Å². The van der Waals surface area contributed by atoms with Gasteiger partial charge in [0.25, 0.3) is 15.9 Å². The van der Waals surface area contributed by atoms with Crippen molar-refractivity contribution in [2.24, 2.45) is 0 Å². The van der Waals surface area contributed by atoms with Crippen molar-refractivity contribution in [2.45, 2.75) is 49.5 Å². The molecule has 0 bridgehead atoms. The lowest BCUT2D eigenvalue weighted by Crippen LogP contribution is -2.31. The molecule has 3 N–H and O–H groups in total. The fourth-order valence-electron chi connectivity index (χ4n) is 5.44. The second-order valence-corrected chi connectivity index (χ2v) is 12.3. The van der Waals surface area contributed by atoms with Crippen LogP contribution in [0.2, 0.25) is 0 Å². The molecule has 1 atom stereocenters. The molecule has 5 rings (SSSR count). The number of anilines is 1. The summed E-state index contributed by atoms with van der Waals surface area (Å²) in [6.45, 7) is 5.68. The number of para-hydroxylation sites is 1. The number of benzene rings is 3. The zero-order valence-electron chi connectivity index (χ0n) is 24.6. The van der Waals surface area contributed by atoms with Gasteiger partial charge in [0.05, 0.1) is 7.11 Å². The van der Waals surface area contributed by atoms with E-state index in [0.29, 0.717) is 11.4 Å². The van der Waals surface area contributed by atoms with Crippen molar-refractivity contribution in [3.63, 3.8) is 0 Å². The Morgan fingerprint density at radius 3 is 2.57 bits per heavy atom. The van der Waals surface area contributed by atoms with E-state index in [2.05, 4.69) is 21.6 Å². The predicted molar refractivity (Wildman–Crippen MR) is 168 cm³/mol. The first-order valence-electron chi connectivity index (χ1n) is 14.4. The lowest BCUT2D eigenvalue weighted by molar-refractivity contribution is 0.0980. The third-order valence-electron chi connectivity index (χ3n) is 7.69. The van der Waals surface area contributed by atoms with E-state index in [0.717, 1.165) is 47.7 Å². The molecule has 1 aromatic heterocycles. The Hall–Kier alpha value is -4.77. The first-order chi connectivity index (χ1) is 21.2. The number of H-pyrrole nitrogens is 1. The van der Waals surface area contributed by atoms with Crippen LogP contribution in [0.25, 0.3) is 10.9 Å². The maximum atomic E-state index is 13.1. The quantitative estimate of drug-likeness (QED) is 0.163. The fourth-order valence-corrected chi connectivity index (χ4v) is 6.56. The highest BCUT2D eigenvalue weighted by atomic mass is 32.2. The number of nitrogens with one attached hydrogen (secondary N) is 3. The van der Waals surface area contributed by atoms with Crippen molar-refractivity contribution in [1.29, 1.82) is 0 Å². The van der Waals surface area contributed by atoms with Crippen molar-refractivity contribution in [1.82, 2.24) is 9.71 Å². The number of methoxy groups -OCH3 is 1. The van der Waals surface area contributed by atoms with Crippen molar-refractivity contribution in [2.75, 3.05) is 19.0 Å². The summed E-state index contributed by atoms with van der Waals surface area (Å²) in [5.41, 5.74) is 3.35. The molecule has 1 aliphatic rings. The molecule has 3 aromatic carbocycles. The van der Waals surface area contributed by atoms with Crippen LogP contribution in [0, 0.1) is 0 Å². The monoisotopic (exact) mass is 617 g/mol. The Bertz CT molecular complexity index is 1790. The number of fused-ring (bicyclic) bond motifs is 1. The molecule has 1 saturated carbocycles. The molecule has 0 radical (unpaired) electrons. The van der Waals surface area contributed by atoms with Gasteiger partial charge in [-0.25, -0.2) is 17.9 Å². The summed E-state index contributed by atoms with van der Waals surface area (Å²) in [4.78, 5) is 28.6. The summed E-state index contributed by atoms with van der Waals surface area (Å²) >= 11 is 0. The van der Waals surface area contributed by atoms with Crippen molar-refractivity contribution in [3.05, 3.63) is 96.2 Å². The number of aromatic amines is 1. The smallest absolute Gasteiger partial charge is 0.411 e. The van der Waals surface area contributed by atoms with E-state index in [4.69, 9.17) is 14.2 Å². The molecule has 0 saturated heterocycles. The van der Waals surface area contributed by atoms with Gasteiger partial charge in [-0.15, -0.1) is 0 Å². The Kier molecular flexibility index (Phi) is 9.24. The van der Waals surface area contributed by atoms with Gasteiger partial charge in [0.2, 0.25) is 0 Å². The molecule has 230 valence electrons. The van der Waals surface area contributed by atoms with E-state index in [1.807, 2.05) is 31.3 Å². The molecule has 0 aliphatic heterocycles. The SMILES string of the molecule is C=CCOc1ccccc1S(=O)(=O)NC(=O)c1ccc(C(C)c2c[nH]c3ccc(NC(=O)OC4CCCC4)cc23)c(OC)c1. The van der Waals surface area contributed by atoms with Gasteiger partial charge < -0.3 is 19.2 Å². The first-order valence-corrected chi connectivity index (χ1v) is 15.8. The topological polar surface area (TPSA) is 136 Å². The van der Waals surface area contributed by atoms with Gasteiger partial charge in [0.1, 0.15) is 29.1 Å². The van der Waals surface area contributed by atoms with Crippen LogP contribution in [-0.2, 0) is 14.8 Å². The average molecular weight is 618 g/mol. The van der Waals surface area contributed by atoms with Gasteiger partial charge in [-0.1, -0.05) is 37.8 Å². The number of hydrogen-bond donors (Lipinski definition) is 3. The van der Waals surface area contributed by atoms with Crippen LogP contribution in [0.15, 0.2) is 84.4 Å². The number of aromatic nitrogens is 1. The van der Waals surface area contributed by atoms with Crippen molar-refractivity contribution in [3.8, 4) is 11.5 Å². The number of hydrogen-bond acceptors (Lipinski definition) is 7. The van der Waals surface area contributed by atoms with Gasteiger partial charge in [-0.05, 0) is 73.7 Å². The molecule has 1 fully saturated rings. The summed E-state index contributed by atoms with van der Waals surface area (Å²) in [5.74, 6) is -0.472. The molecule has 44 heavy (non-hydrogen) atoms. The molecule has 0 spiro atoms. The third kappa shape index (κ3) is 6.73. The normalized spacial score (nSPS) is 14.1. The molecular weight excluding hydrogens is 582 g/mol. The van der Waals surface area contributed by atoms with E-state index >= 15 is 0 Å². The molecular formula is C33H35N3O7S. The maximum absolute atomic E-state index is 13.1. The molecule has 1 heterocycles. The third-order valence-corrected chi connectivity index (χ3v) is 9.06. The van der Waals surface area contributed by atoms with Gasteiger partial charge in [0.15, 0.2) is 0 Å². The summed E-state index contributed by atoms with van der Waals surface area (Å²) in [6.07, 6.45) is 6.82. The lowest BCUT2D eigenvalue weighted by Gasteiger charge is -2.17. The number of carbonyl (C=O) groups excluding carboxylic acids is 2. The highest BCUT2D eigenvalue weighted by Gasteiger charge is 2.25. The Balaban J connectivity index is 1.35. The van der Waals surface area contributed by atoms with Crippen molar-refractivity contribution < 1.29 is 32.2 Å². The highest BCUT2D eigenvalue weighted by molar-refractivity contribution is 7.90. The minimum Gasteiger partial charge on any atom is -0.496 e. The number of ether oxygens (including phenoxy) is 3. The van der Waals surface area contributed by atoms with Crippen LogP contribution in [0.4, 0.5) is 10.5 Å². The first kappa shape index (κ1) is 30.7. The van der Waals surface area contributed by atoms with Gasteiger partial charge in [-0.3, -0.25) is 10.1 Å². The summed E-state index contributed by atoms with van der Waals surface area (Å²) < 4.78 is 44.9. The molecule has 10 nitrogen and oxygen atoms in total. The maximum Gasteiger partial charge on any atom is 0.411 e. The number of amides is 2. The summed E-state index contributed by atoms with van der Waals surface area (Å²) in [7, 11) is -2.75. The van der Waals surface area contributed by atoms with E-state index < -0.39 is 22.0 Å². The van der Waals surface area contributed by atoms with Crippen LogP contribution in [-0.4, -0.2) is 45.2 Å². The van der Waals surface area contributed by atoms with Crippen LogP contribution in [0.1, 0.15) is 60.0 Å².